The van der Waals surface area contributed by atoms with Gasteiger partial charge in [-0.15, -0.1) is 0 Å². The Bertz CT molecular complexity index is 821. The Balaban J connectivity index is 1.96. The maximum absolute atomic E-state index is 10.8. The van der Waals surface area contributed by atoms with E-state index >= 15 is 0 Å². The number of hydrogen-bond donors (Lipinski definition) is 2. The number of hydrogen-bond acceptors (Lipinski definition) is 4. The molecule has 2 aromatic rings. The summed E-state index contributed by atoms with van der Waals surface area (Å²) in [6, 6.07) is 15.4. The lowest BCUT2D eigenvalue weighted by atomic mass is 9.52. The Morgan fingerprint density at radius 1 is 0.767 bits per heavy atom. The van der Waals surface area contributed by atoms with Gasteiger partial charge in [-0.2, -0.15) is 0 Å². The van der Waals surface area contributed by atoms with E-state index in [1.807, 2.05) is 48.5 Å². The van der Waals surface area contributed by atoms with Gasteiger partial charge in [0.15, 0.2) is 13.2 Å². The van der Waals surface area contributed by atoms with E-state index in [0.29, 0.717) is 11.5 Å². The van der Waals surface area contributed by atoms with Crippen LogP contribution in [0.3, 0.4) is 0 Å². The highest BCUT2D eigenvalue weighted by molar-refractivity contribution is 5.68. The summed E-state index contributed by atoms with van der Waals surface area (Å²) in [4.78, 5) is 21.5. The molecule has 1 aliphatic carbocycles. The fourth-order valence-corrected chi connectivity index (χ4v) is 4.71. The van der Waals surface area contributed by atoms with Crippen molar-refractivity contribution in [2.75, 3.05) is 13.2 Å². The van der Waals surface area contributed by atoms with Gasteiger partial charge in [-0.3, -0.25) is 0 Å². The molecule has 0 saturated heterocycles. The first kappa shape index (κ1) is 21.7. The monoisotopic (exact) mass is 412 g/mol. The number of ether oxygens (including phenoxy) is 2. The van der Waals surface area contributed by atoms with Crippen LogP contribution in [0.4, 0.5) is 0 Å². The van der Waals surface area contributed by atoms with Crippen molar-refractivity contribution in [1.29, 1.82) is 0 Å². The molecule has 0 heterocycles. The minimum absolute atomic E-state index is 0.00186. The van der Waals surface area contributed by atoms with Crippen LogP contribution >= 0.6 is 0 Å². The van der Waals surface area contributed by atoms with Gasteiger partial charge in [0, 0.05) is 5.41 Å². The van der Waals surface area contributed by atoms with Gasteiger partial charge in [0.05, 0.1) is 0 Å². The van der Waals surface area contributed by atoms with E-state index in [1.54, 1.807) is 0 Å². The smallest absolute Gasteiger partial charge is 0.341 e. The molecule has 0 aromatic heterocycles. The van der Waals surface area contributed by atoms with E-state index in [4.69, 9.17) is 19.7 Å². The molecule has 0 amide bonds. The molecule has 1 aliphatic rings. The average Bonchev–Trinajstić information content (AvgIpc) is 2.71. The Morgan fingerprint density at radius 2 is 1.17 bits per heavy atom. The van der Waals surface area contributed by atoms with Crippen LogP contribution < -0.4 is 9.47 Å². The van der Waals surface area contributed by atoms with Crippen molar-refractivity contribution in [2.24, 2.45) is 5.41 Å². The Kier molecular flexibility index (Phi) is 6.34. The molecule has 2 aromatic carbocycles. The summed E-state index contributed by atoms with van der Waals surface area (Å²) < 4.78 is 10.6. The van der Waals surface area contributed by atoms with Crippen LogP contribution in [0.2, 0.25) is 0 Å². The van der Waals surface area contributed by atoms with Crippen LogP contribution in [0, 0.1) is 5.41 Å². The van der Waals surface area contributed by atoms with Gasteiger partial charge in [0.25, 0.3) is 0 Å². The van der Waals surface area contributed by atoms with Crippen molar-refractivity contribution in [3.05, 3.63) is 59.7 Å². The second kappa shape index (κ2) is 8.78. The Labute approximate surface area is 176 Å². The summed E-state index contributed by atoms with van der Waals surface area (Å²) in [7, 11) is 0. The standard InChI is InChI=1S/C24H28O6/c1-23(2)13-3-4-14-24(23,17-5-9-19(10-6-17)29-15-21(25)26)18-7-11-20(12-8-18)30-16-22(27)28/h5-12H,3-4,13-16H2,1-2H3,(H,25,26)(H,27,28). The first-order valence-corrected chi connectivity index (χ1v) is 10.1. The summed E-state index contributed by atoms with van der Waals surface area (Å²) in [5.41, 5.74) is 2.10. The molecule has 0 spiro atoms. The van der Waals surface area contributed by atoms with Gasteiger partial charge in [0.2, 0.25) is 0 Å². The van der Waals surface area contributed by atoms with Crippen molar-refractivity contribution in [2.45, 2.75) is 44.9 Å². The molecular weight excluding hydrogens is 384 g/mol. The highest BCUT2D eigenvalue weighted by Crippen LogP contribution is 2.56. The van der Waals surface area contributed by atoms with Crippen molar-refractivity contribution >= 4 is 11.9 Å². The zero-order valence-corrected chi connectivity index (χ0v) is 17.4. The minimum atomic E-state index is -1.01. The van der Waals surface area contributed by atoms with Crippen LogP contribution in [0.5, 0.6) is 11.5 Å². The first-order chi connectivity index (χ1) is 14.2. The van der Waals surface area contributed by atoms with E-state index in [2.05, 4.69) is 13.8 Å². The minimum Gasteiger partial charge on any atom is -0.482 e. The summed E-state index contributed by atoms with van der Waals surface area (Å²) >= 11 is 0. The second-order valence-corrected chi connectivity index (χ2v) is 8.41. The summed E-state index contributed by atoms with van der Waals surface area (Å²) in [6.45, 7) is 3.84. The summed E-state index contributed by atoms with van der Waals surface area (Å²) in [5.74, 6) is -0.951. The third kappa shape index (κ3) is 4.42. The van der Waals surface area contributed by atoms with Crippen LogP contribution in [0.1, 0.15) is 50.7 Å². The lowest BCUT2D eigenvalue weighted by Gasteiger charge is -2.51. The molecule has 2 N–H and O–H groups in total. The lowest BCUT2D eigenvalue weighted by Crippen LogP contribution is -2.45. The molecule has 0 aliphatic heterocycles. The fourth-order valence-electron chi connectivity index (χ4n) is 4.71. The SMILES string of the molecule is CC1(C)CCCCC1(c1ccc(OCC(=O)O)cc1)c1ccc(OCC(=O)O)cc1. The molecule has 6 nitrogen and oxygen atoms in total. The largest absolute Gasteiger partial charge is 0.482 e. The third-order valence-corrected chi connectivity index (χ3v) is 6.18. The normalized spacial score (nSPS) is 17.1. The number of carboxylic acid groups (broad SMARTS) is 2. The van der Waals surface area contributed by atoms with Crippen molar-refractivity contribution in [3.8, 4) is 11.5 Å². The zero-order chi connectivity index (χ0) is 21.8. The molecule has 1 fully saturated rings. The van der Waals surface area contributed by atoms with Gasteiger partial charge >= 0.3 is 11.9 Å². The zero-order valence-electron chi connectivity index (χ0n) is 17.4. The second-order valence-electron chi connectivity index (χ2n) is 8.41. The molecule has 0 unspecified atom stereocenters. The van der Waals surface area contributed by atoms with Gasteiger partial charge < -0.3 is 19.7 Å². The maximum Gasteiger partial charge on any atom is 0.341 e. The highest BCUT2D eigenvalue weighted by Gasteiger charge is 2.48. The summed E-state index contributed by atoms with van der Waals surface area (Å²) in [6.07, 6.45) is 4.36. The predicted molar refractivity (Wildman–Crippen MR) is 112 cm³/mol. The molecule has 30 heavy (non-hydrogen) atoms. The quantitative estimate of drug-likeness (QED) is 0.663. The number of benzene rings is 2. The van der Waals surface area contributed by atoms with Gasteiger partial charge in [0.1, 0.15) is 11.5 Å². The average molecular weight is 412 g/mol. The van der Waals surface area contributed by atoms with E-state index in [-0.39, 0.29) is 24.0 Å². The predicted octanol–water partition coefficient (Wildman–Crippen LogP) is 4.50. The molecule has 3 rings (SSSR count). The van der Waals surface area contributed by atoms with Crippen molar-refractivity contribution < 1.29 is 29.3 Å². The van der Waals surface area contributed by atoms with Crippen LogP contribution in [0.15, 0.2) is 48.5 Å². The van der Waals surface area contributed by atoms with Crippen LogP contribution in [0.25, 0.3) is 0 Å². The third-order valence-electron chi connectivity index (χ3n) is 6.18. The summed E-state index contributed by atoms with van der Waals surface area (Å²) in [5, 5.41) is 17.6. The fraction of sp³-hybridized carbons (Fsp3) is 0.417. The van der Waals surface area contributed by atoms with Crippen molar-refractivity contribution in [3.63, 3.8) is 0 Å². The molecule has 6 heteroatoms. The van der Waals surface area contributed by atoms with Gasteiger partial charge in [-0.1, -0.05) is 51.0 Å². The first-order valence-electron chi connectivity index (χ1n) is 10.1. The number of rotatable bonds is 8. The number of carboxylic acids is 2. The molecule has 160 valence electrons. The highest BCUT2D eigenvalue weighted by atomic mass is 16.5. The lowest BCUT2D eigenvalue weighted by molar-refractivity contribution is -0.140. The maximum atomic E-state index is 10.8. The molecule has 0 atom stereocenters. The number of aliphatic carboxylic acids is 2. The van der Waals surface area contributed by atoms with E-state index in [0.717, 1.165) is 30.4 Å². The van der Waals surface area contributed by atoms with E-state index in [9.17, 15) is 9.59 Å². The molecule has 0 radical (unpaired) electrons. The molecule has 0 bridgehead atoms. The number of carbonyl (C=O) groups is 2. The van der Waals surface area contributed by atoms with E-state index in [1.165, 1.54) is 6.42 Å². The van der Waals surface area contributed by atoms with Crippen molar-refractivity contribution in [1.82, 2.24) is 0 Å². The molecular formula is C24H28O6. The topological polar surface area (TPSA) is 93.1 Å². The Morgan fingerprint density at radius 3 is 1.53 bits per heavy atom. The van der Waals surface area contributed by atoms with Crippen LogP contribution in [-0.4, -0.2) is 35.4 Å². The Hall–Kier alpha value is -3.02. The van der Waals surface area contributed by atoms with Crippen LogP contribution in [-0.2, 0) is 15.0 Å². The molecule has 1 saturated carbocycles. The van der Waals surface area contributed by atoms with Gasteiger partial charge in [-0.25, -0.2) is 9.59 Å². The van der Waals surface area contributed by atoms with E-state index < -0.39 is 11.9 Å². The van der Waals surface area contributed by atoms with Gasteiger partial charge in [-0.05, 0) is 53.6 Å².